The van der Waals surface area contributed by atoms with Crippen LogP contribution < -0.4 is 4.90 Å². The Bertz CT molecular complexity index is 983. The Morgan fingerprint density at radius 1 is 1.07 bits per heavy atom. The van der Waals surface area contributed by atoms with Crippen molar-refractivity contribution in [2.24, 2.45) is 0 Å². The lowest BCUT2D eigenvalue weighted by Gasteiger charge is -2.25. The molecule has 1 atom stereocenters. The molecule has 2 aromatic heterocycles. The van der Waals surface area contributed by atoms with Crippen molar-refractivity contribution < 1.29 is 9.32 Å². The van der Waals surface area contributed by atoms with Gasteiger partial charge in [0.15, 0.2) is 0 Å². The molecule has 2 aliphatic rings. The Labute approximate surface area is 157 Å². The summed E-state index contributed by atoms with van der Waals surface area (Å²) in [5.74, 6) is 1.02. The van der Waals surface area contributed by atoms with Gasteiger partial charge in [-0.05, 0) is 55.0 Å². The molecule has 0 radical (unpaired) electrons. The molecule has 0 saturated carbocycles. The molecule has 1 aliphatic heterocycles. The summed E-state index contributed by atoms with van der Waals surface area (Å²) in [4.78, 5) is 23.4. The Hall–Kier alpha value is -3.02. The third-order valence-electron chi connectivity index (χ3n) is 5.47. The van der Waals surface area contributed by atoms with Crippen LogP contribution in [-0.4, -0.2) is 27.6 Å². The summed E-state index contributed by atoms with van der Waals surface area (Å²) in [6.07, 6.45) is 6.66. The van der Waals surface area contributed by atoms with Gasteiger partial charge < -0.3 is 9.42 Å². The number of aromatic nitrogens is 3. The van der Waals surface area contributed by atoms with Crippen LogP contribution in [0.1, 0.15) is 42.2 Å². The van der Waals surface area contributed by atoms with Crippen molar-refractivity contribution in [2.45, 2.75) is 38.0 Å². The molecule has 1 amide bonds. The van der Waals surface area contributed by atoms with Gasteiger partial charge in [-0.15, -0.1) is 0 Å². The summed E-state index contributed by atoms with van der Waals surface area (Å²) in [5.41, 5.74) is 4.44. The van der Waals surface area contributed by atoms with Crippen molar-refractivity contribution in [1.29, 1.82) is 0 Å². The summed E-state index contributed by atoms with van der Waals surface area (Å²) in [7, 11) is 0. The molecule has 1 aromatic carbocycles. The molecule has 1 saturated heterocycles. The number of amides is 1. The number of rotatable bonds is 3. The lowest BCUT2D eigenvalue weighted by atomic mass is 9.90. The fourth-order valence-electron chi connectivity index (χ4n) is 4.12. The Morgan fingerprint density at radius 3 is 2.89 bits per heavy atom. The molecule has 0 spiro atoms. The molecule has 1 unspecified atom stereocenters. The van der Waals surface area contributed by atoms with Gasteiger partial charge in [-0.1, -0.05) is 23.4 Å². The third-order valence-corrected chi connectivity index (χ3v) is 5.47. The number of hydrogen-bond donors (Lipinski definition) is 0. The first-order valence-corrected chi connectivity index (χ1v) is 9.46. The number of carbonyl (C=O) groups excluding carboxylic acids is 1. The van der Waals surface area contributed by atoms with Gasteiger partial charge in [0.05, 0.1) is 5.92 Å². The molecule has 6 nitrogen and oxygen atoms in total. The summed E-state index contributed by atoms with van der Waals surface area (Å²) in [5, 5.41) is 4.05. The van der Waals surface area contributed by atoms with E-state index in [0.29, 0.717) is 30.4 Å². The fraction of sp³-hybridized carbons (Fsp3) is 0.333. The molecule has 5 rings (SSSR count). The van der Waals surface area contributed by atoms with Crippen molar-refractivity contribution in [3.05, 3.63) is 59.6 Å². The van der Waals surface area contributed by atoms with Gasteiger partial charge in [0.2, 0.25) is 17.6 Å². The van der Waals surface area contributed by atoms with Crippen LogP contribution in [0, 0.1) is 0 Å². The SMILES string of the molecule is O=C1CC(c2nc(-c3ccccn3)no2)CN1c1cccc2c1CCCC2. The van der Waals surface area contributed by atoms with Crippen LogP contribution >= 0.6 is 0 Å². The van der Waals surface area contributed by atoms with Crippen LogP contribution in [0.5, 0.6) is 0 Å². The summed E-state index contributed by atoms with van der Waals surface area (Å²) >= 11 is 0. The van der Waals surface area contributed by atoms with Crippen molar-refractivity contribution in [3.63, 3.8) is 0 Å². The van der Waals surface area contributed by atoms with Gasteiger partial charge in [-0.3, -0.25) is 9.78 Å². The van der Waals surface area contributed by atoms with E-state index in [1.165, 1.54) is 24.0 Å². The van der Waals surface area contributed by atoms with Gasteiger partial charge in [-0.2, -0.15) is 4.98 Å². The quantitative estimate of drug-likeness (QED) is 0.714. The van der Waals surface area contributed by atoms with E-state index in [1.54, 1.807) is 6.20 Å². The molecule has 3 heterocycles. The molecular formula is C21H20N4O2. The largest absolute Gasteiger partial charge is 0.339 e. The molecule has 6 heteroatoms. The van der Waals surface area contributed by atoms with Crippen molar-refractivity contribution in [2.75, 3.05) is 11.4 Å². The number of fused-ring (bicyclic) bond motifs is 1. The molecule has 136 valence electrons. The fourth-order valence-corrected chi connectivity index (χ4v) is 4.12. The minimum Gasteiger partial charge on any atom is -0.339 e. The van der Waals surface area contributed by atoms with E-state index in [9.17, 15) is 4.79 Å². The maximum atomic E-state index is 12.7. The van der Waals surface area contributed by atoms with Gasteiger partial charge in [0.25, 0.3) is 0 Å². The van der Waals surface area contributed by atoms with Gasteiger partial charge in [0, 0.05) is 24.8 Å². The van der Waals surface area contributed by atoms with Crippen molar-refractivity contribution in [3.8, 4) is 11.5 Å². The molecular weight excluding hydrogens is 340 g/mol. The van der Waals surface area contributed by atoms with E-state index in [0.717, 1.165) is 18.5 Å². The number of aryl methyl sites for hydroxylation is 1. The third kappa shape index (κ3) is 2.91. The average Bonchev–Trinajstić information content (AvgIpc) is 3.35. The normalized spacial score (nSPS) is 19.3. The lowest BCUT2D eigenvalue weighted by Crippen LogP contribution is -2.26. The molecule has 1 aliphatic carbocycles. The van der Waals surface area contributed by atoms with E-state index in [-0.39, 0.29) is 11.8 Å². The van der Waals surface area contributed by atoms with Crippen LogP contribution in [0.3, 0.4) is 0 Å². The highest BCUT2D eigenvalue weighted by Crippen LogP contribution is 2.36. The van der Waals surface area contributed by atoms with Crippen LogP contribution in [0.15, 0.2) is 47.1 Å². The maximum absolute atomic E-state index is 12.7. The lowest BCUT2D eigenvalue weighted by molar-refractivity contribution is -0.117. The predicted octanol–water partition coefficient (Wildman–Crippen LogP) is 3.53. The number of benzene rings is 1. The topological polar surface area (TPSA) is 72.1 Å². The summed E-state index contributed by atoms with van der Waals surface area (Å²) in [6.45, 7) is 0.582. The number of anilines is 1. The van der Waals surface area contributed by atoms with Crippen LogP contribution in [0.2, 0.25) is 0 Å². The average molecular weight is 360 g/mol. The van der Waals surface area contributed by atoms with Crippen LogP contribution in [-0.2, 0) is 17.6 Å². The van der Waals surface area contributed by atoms with Crippen molar-refractivity contribution in [1.82, 2.24) is 15.1 Å². The first kappa shape index (κ1) is 16.2. The predicted molar refractivity (Wildman–Crippen MR) is 100 cm³/mol. The monoisotopic (exact) mass is 360 g/mol. The number of pyridine rings is 1. The molecule has 0 bridgehead atoms. The molecule has 1 fully saturated rings. The van der Waals surface area contributed by atoms with E-state index in [1.807, 2.05) is 23.1 Å². The van der Waals surface area contributed by atoms with E-state index >= 15 is 0 Å². The Kier molecular flexibility index (Phi) is 3.96. The van der Waals surface area contributed by atoms with Crippen LogP contribution in [0.25, 0.3) is 11.5 Å². The molecule has 3 aromatic rings. The number of nitrogens with zero attached hydrogens (tertiary/aromatic N) is 4. The summed E-state index contributed by atoms with van der Waals surface area (Å²) in [6, 6.07) is 11.9. The molecule has 0 N–H and O–H groups in total. The summed E-state index contributed by atoms with van der Waals surface area (Å²) < 4.78 is 5.47. The van der Waals surface area contributed by atoms with Gasteiger partial charge in [-0.25, -0.2) is 0 Å². The van der Waals surface area contributed by atoms with Crippen molar-refractivity contribution >= 4 is 11.6 Å². The van der Waals surface area contributed by atoms with E-state index < -0.39 is 0 Å². The second-order valence-corrected chi connectivity index (χ2v) is 7.20. The number of carbonyl (C=O) groups is 1. The highest BCUT2D eigenvalue weighted by molar-refractivity contribution is 5.97. The highest BCUT2D eigenvalue weighted by atomic mass is 16.5. The zero-order valence-electron chi connectivity index (χ0n) is 15.0. The highest BCUT2D eigenvalue weighted by Gasteiger charge is 2.36. The zero-order valence-corrected chi connectivity index (χ0v) is 15.0. The minimum atomic E-state index is -0.0816. The standard InChI is InChI=1S/C21H20N4O2/c26-19-12-15(21-23-20(24-27-21)17-9-3-4-11-22-17)13-25(19)18-10-5-7-14-6-1-2-8-16(14)18/h3-5,7,9-11,15H,1-2,6,8,12-13H2. The minimum absolute atomic E-state index is 0.0816. The van der Waals surface area contributed by atoms with Gasteiger partial charge in [0.1, 0.15) is 5.69 Å². The zero-order chi connectivity index (χ0) is 18.2. The smallest absolute Gasteiger partial charge is 0.232 e. The number of hydrogen-bond acceptors (Lipinski definition) is 5. The van der Waals surface area contributed by atoms with Crippen LogP contribution in [0.4, 0.5) is 5.69 Å². The molecule has 27 heavy (non-hydrogen) atoms. The Morgan fingerprint density at radius 2 is 2.00 bits per heavy atom. The maximum Gasteiger partial charge on any atom is 0.232 e. The Balaban J connectivity index is 1.41. The van der Waals surface area contributed by atoms with E-state index in [2.05, 4.69) is 33.3 Å². The first-order chi connectivity index (χ1) is 13.3. The van der Waals surface area contributed by atoms with E-state index in [4.69, 9.17) is 4.52 Å². The van der Waals surface area contributed by atoms with Gasteiger partial charge >= 0.3 is 0 Å². The first-order valence-electron chi connectivity index (χ1n) is 9.46. The second kappa shape index (κ2) is 6.61. The second-order valence-electron chi connectivity index (χ2n) is 7.20.